The van der Waals surface area contributed by atoms with Crippen LogP contribution in [0.5, 0.6) is 5.75 Å². The molecular formula is C17H20FN3O. The second kappa shape index (κ2) is 8.02. The molecule has 2 aromatic rings. The molecule has 0 aliphatic heterocycles. The predicted octanol–water partition coefficient (Wildman–Crippen LogP) is 3.41. The van der Waals surface area contributed by atoms with Gasteiger partial charge in [-0.15, -0.1) is 0 Å². The van der Waals surface area contributed by atoms with Crippen LogP contribution in [-0.4, -0.2) is 18.6 Å². The van der Waals surface area contributed by atoms with Crippen LogP contribution in [0.1, 0.15) is 13.3 Å². The molecule has 0 fully saturated rings. The normalized spacial score (nSPS) is 12.7. The van der Waals surface area contributed by atoms with Gasteiger partial charge in [0.2, 0.25) is 0 Å². The number of halogens is 1. The summed E-state index contributed by atoms with van der Waals surface area (Å²) >= 11 is 0. The topological polar surface area (TPSA) is 59.6 Å². The van der Waals surface area contributed by atoms with E-state index < -0.39 is 0 Å². The van der Waals surface area contributed by atoms with Crippen molar-refractivity contribution in [1.82, 2.24) is 0 Å². The molecule has 0 heterocycles. The molecule has 3 N–H and O–H groups in total. The molecule has 116 valence electrons. The van der Waals surface area contributed by atoms with Crippen molar-refractivity contribution in [1.29, 1.82) is 0 Å². The summed E-state index contributed by atoms with van der Waals surface area (Å²) in [5, 5.41) is 3.01. The first-order chi connectivity index (χ1) is 10.7. The Bertz CT molecular complexity index is 616. The van der Waals surface area contributed by atoms with E-state index in [1.54, 1.807) is 12.1 Å². The van der Waals surface area contributed by atoms with Crippen molar-refractivity contribution < 1.29 is 9.13 Å². The van der Waals surface area contributed by atoms with Crippen molar-refractivity contribution >= 4 is 11.6 Å². The summed E-state index contributed by atoms with van der Waals surface area (Å²) in [4.78, 5) is 4.27. The van der Waals surface area contributed by atoms with Crippen molar-refractivity contribution in [2.24, 2.45) is 10.7 Å². The molecule has 1 atom stereocenters. The summed E-state index contributed by atoms with van der Waals surface area (Å²) in [7, 11) is 0. The van der Waals surface area contributed by atoms with Gasteiger partial charge in [-0.25, -0.2) is 9.38 Å². The van der Waals surface area contributed by atoms with E-state index in [2.05, 4.69) is 10.3 Å². The van der Waals surface area contributed by atoms with Crippen LogP contribution < -0.4 is 15.8 Å². The maximum absolute atomic E-state index is 13.1. The highest BCUT2D eigenvalue weighted by Gasteiger charge is 2.08. The molecular weight excluding hydrogens is 281 g/mol. The summed E-state index contributed by atoms with van der Waals surface area (Å²) in [5.41, 5.74) is 6.73. The molecule has 0 aliphatic carbocycles. The fourth-order valence-corrected chi connectivity index (χ4v) is 1.89. The number of hydrogen-bond donors (Lipinski definition) is 2. The zero-order valence-corrected chi connectivity index (χ0v) is 12.5. The molecule has 2 rings (SSSR count). The fraction of sp³-hybridized carbons (Fsp3) is 0.235. The molecule has 2 aromatic carbocycles. The molecule has 0 spiro atoms. The van der Waals surface area contributed by atoms with Gasteiger partial charge in [-0.3, -0.25) is 0 Å². The lowest BCUT2D eigenvalue weighted by atomic mass is 10.2. The van der Waals surface area contributed by atoms with Crippen LogP contribution in [0.25, 0.3) is 0 Å². The minimum absolute atomic E-state index is 0.155. The third-order valence-corrected chi connectivity index (χ3v) is 3.07. The van der Waals surface area contributed by atoms with Crippen LogP contribution in [0.3, 0.4) is 0 Å². The fourth-order valence-electron chi connectivity index (χ4n) is 1.89. The summed E-state index contributed by atoms with van der Waals surface area (Å²) in [6.45, 7) is 2.39. The quantitative estimate of drug-likeness (QED) is 0.635. The summed E-state index contributed by atoms with van der Waals surface area (Å²) in [6, 6.07) is 15.7. The number of benzene rings is 2. The molecule has 0 amide bonds. The predicted molar refractivity (Wildman–Crippen MR) is 87.7 cm³/mol. The number of nitrogens with two attached hydrogens (primary N) is 1. The maximum Gasteiger partial charge on any atom is 0.193 e. The average Bonchev–Trinajstić information content (AvgIpc) is 2.52. The van der Waals surface area contributed by atoms with Crippen molar-refractivity contribution in [2.45, 2.75) is 19.4 Å². The third-order valence-electron chi connectivity index (χ3n) is 3.07. The smallest absolute Gasteiger partial charge is 0.193 e. The zero-order chi connectivity index (χ0) is 15.8. The average molecular weight is 301 g/mol. The van der Waals surface area contributed by atoms with Crippen LogP contribution in [0.2, 0.25) is 0 Å². The molecule has 4 nitrogen and oxygen atoms in total. The summed E-state index contributed by atoms with van der Waals surface area (Å²) in [5.74, 6) is 0.505. The van der Waals surface area contributed by atoms with E-state index in [1.165, 1.54) is 12.1 Å². The number of anilines is 1. The van der Waals surface area contributed by atoms with Crippen LogP contribution in [0, 0.1) is 5.82 Å². The molecule has 0 aromatic heterocycles. The molecule has 0 radical (unpaired) electrons. The Balaban J connectivity index is 1.91. The number of nitrogens with zero attached hydrogens (tertiary/aromatic N) is 1. The van der Waals surface area contributed by atoms with Crippen molar-refractivity contribution in [2.75, 3.05) is 11.9 Å². The number of nitrogens with one attached hydrogen (secondary N) is 1. The molecule has 22 heavy (non-hydrogen) atoms. The van der Waals surface area contributed by atoms with Crippen molar-refractivity contribution in [3.63, 3.8) is 0 Å². The largest absolute Gasteiger partial charge is 0.488 e. The molecule has 0 bridgehead atoms. The van der Waals surface area contributed by atoms with E-state index in [0.29, 0.717) is 18.3 Å². The van der Waals surface area contributed by atoms with Gasteiger partial charge in [0.25, 0.3) is 0 Å². The van der Waals surface area contributed by atoms with E-state index in [-0.39, 0.29) is 11.9 Å². The van der Waals surface area contributed by atoms with Gasteiger partial charge < -0.3 is 15.8 Å². The molecule has 0 saturated carbocycles. The first-order valence-corrected chi connectivity index (χ1v) is 7.21. The van der Waals surface area contributed by atoms with E-state index >= 15 is 0 Å². The number of rotatable bonds is 6. The molecule has 1 unspecified atom stereocenters. The van der Waals surface area contributed by atoms with Gasteiger partial charge >= 0.3 is 0 Å². The third kappa shape index (κ3) is 5.09. The SMILES string of the molecule is CCC(CN=C(N)Nc1ccccc1)Oc1cccc(F)c1. The van der Waals surface area contributed by atoms with Gasteiger partial charge in [-0.2, -0.15) is 0 Å². The van der Waals surface area contributed by atoms with E-state index in [4.69, 9.17) is 10.5 Å². The van der Waals surface area contributed by atoms with Gasteiger partial charge in [-0.1, -0.05) is 31.2 Å². The standard InChI is InChI=1S/C17H20FN3O/c1-2-15(22-16-10-6-7-13(18)11-16)12-20-17(19)21-14-8-4-3-5-9-14/h3-11,15H,2,12H2,1H3,(H3,19,20,21). The van der Waals surface area contributed by atoms with Crippen molar-refractivity contribution in [3.8, 4) is 5.75 Å². The minimum atomic E-state index is -0.318. The molecule has 0 aliphatic rings. The lowest BCUT2D eigenvalue weighted by molar-refractivity contribution is 0.205. The molecule has 5 heteroatoms. The number of para-hydroxylation sites is 1. The highest BCUT2D eigenvalue weighted by Crippen LogP contribution is 2.15. The van der Waals surface area contributed by atoms with E-state index in [0.717, 1.165) is 12.1 Å². The van der Waals surface area contributed by atoms with Gasteiger partial charge in [-0.05, 0) is 30.7 Å². The Labute approximate surface area is 129 Å². The first-order valence-electron chi connectivity index (χ1n) is 7.21. The first kappa shape index (κ1) is 15.8. The van der Waals surface area contributed by atoms with Crippen LogP contribution in [0.15, 0.2) is 59.6 Å². The molecule has 0 saturated heterocycles. The van der Waals surface area contributed by atoms with E-state index in [1.807, 2.05) is 37.3 Å². The Hall–Kier alpha value is -2.56. The second-order valence-corrected chi connectivity index (χ2v) is 4.82. The highest BCUT2D eigenvalue weighted by atomic mass is 19.1. The highest BCUT2D eigenvalue weighted by molar-refractivity contribution is 5.92. The lowest BCUT2D eigenvalue weighted by Gasteiger charge is -2.16. The van der Waals surface area contributed by atoms with Crippen LogP contribution >= 0.6 is 0 Å². The summed E-state index contributed by atoms with van der Waals surface area (Å²) < 4.78 is 18.9. The van der Waals surface area contributed by atoms with Crippen molar-refractivity contribution in [3.05, 3.63) is 60.4 Å². The lowest BCUT2D eigenvalue weighted by Crippen LogP contribution is -2.26. The maximum atomic E-state index is 13.1. The van der Waals surface area contributed by atoms with Gasteiger partial charge in [0, 0.05) is 11.8 Å². The summed E-state index contributed by atoms with van der Waals surface area (Å²) in [6.07, 6.45) is 0.594. The number of ether oxygens (including phenoxy) is 1. The Morgan fingerprint density at radius 3 is 2.68 bits per heavy atom. The minimum Gasteiger partial charge on any atom is -0.488 e. The second-order valence-electron chi connectivity index (χ2n) is 4.82. The number of guanidine groups is 1. The van der Waals surface area contributed by atoms with Gasteiger partial charge in [0.05, 0.1) is 6.54 Å². The Morgan fingerprint density at radius 2 is 2.00 bits per heavy atom. The van der Waals surface area contributed by atoms with Crippen LogP contribution in [-0.2, 0) is 0 Å². The number of hydrogen-bond acceptors (Lipinski definition) is 2. The Morgan fingerprint density at radius 1 is 1.23 bits per heavy atom. The van der Waals surface area contributed by atoms with Gasteiger partial charge in [0.15, 0.2) is 5.96 Å². The monoisotopic (exact) mass is 301 g/mol. The Kier molecular flexibility index (Phi) is 5.77. The zero-order valence-electron chi connectivity index (χ0n) is 12.5. The van der Waals surface area contributed by atoms with Gasteiger partial charge in [0.1, 0.15) is 17.7 Å². The van der Waals surface area contributed by atoms with E-state index in [9.17, 15) is 4.39 Å². The number of aliphatic imine (C=N–C) groups is 1. The van der Waals surface area contributed by atoms with Crippen LogP contribution in [0.4, 0.5) is 10.1 Å².